The van der Waals surface area contributed by atoms with Gasteiger partial charge in [0.15, 0.2) is 0 Å². The summed E-state index contributed by atoms with van der Waals surface area (Å²) in [6, 6.07) is 23.9. The summed E-state index contributed by atoms with van der Waals surface area (Å²) in [5, 5.41) is 12.6. The minimum Gasteiger partial charge on any atom is -0.497 e. The predicted molar refractivity (Wildman–Crippen MR) is 141 cm³/mol. The minimum absolute atomic E-state index is 0.151. The molecule has 1 saturated heterocycles. The first-order chi connectivity index (χ1) is 17.4. The zero-order valence-corrected chi connectivity index (χ0v) is 21.0. The molecule has 36 heavy (non-hydrogen) atoms. The molecule has 8 heteroatoms. The van der Waals surface area contributed by atoms with Gasteiger partial charge in [-0.1, -0.05) is 53.7 Å². The number of nitriles is 1. The summed E-state index contributed by atoms with van der Waals surface area (Å²) >= 11 is 1.22. The van der Waals surface area contributed by atoms with E-state index >= 15 is 0 Å². The number of methoxy groups -OCH3 is 2. The molecule has 1 atom stereocenters. The highest BCUT2D eigenvalue weighted by Crippen LogP contribution is 2.42. The molecule has 1 unspecified atom stereocenters. The number of carbonyl (C=O) groups is 2. The lowest BCUT2D eigenvalue weighted by Gasteiger charge is -2.19. The molecule has 7 nitrogen and oxygen atoms in total. The Labute approximate surface area is 214 Å². The van der Waals surface area contributed by atoms with Crippen molar-refractivity contribution in [3.63, 3.8) is 0 Å². The molecule has 1 heterocycles. The van der Waals surface area contributed by atoms with Crippen LogP contribution in [0, 0.1) is 18.3 Å². The molecule has 3 aromatic rings. The maximum absolute atomic E-state index is 13.6. The van der Waals surface area contributed by atoms with E-state index in [0.29, 0.717) is 29.3 Å². The molecule has 182 valence electrons. The number of amides is 2. The highest BCUT2D eigenvalue weighted by molar-refractivity contribution is 8.05. The Balaban J connectivity index is 1.74. The summed E-state index contributed by atoms with van der Waals surface area (Å²) in [4.78, 5) is 28.4. The van der Waals surface area contributed by atoms with Gasteiger partial charge in [-0.25, -0.2) is 0 Å². The molecule has 1 N–H and O–H groups in total. The normalized spacial score (nSPS) is 16.3. The quantitative estimate of drug-likeness (QED) is 0.360. The van der Waals surface area contributed by atoms with Crippen molar-refractivity contribution in [1.29, 1.82) is 5.26 Å². The number of hydrogen-bond donors (Lipinski definition) is 1. The molecule has 2 amide bonds. The van der Waals surface area contributed by atoms with Crippen molar-refractivity contribution < 1.29 is 19.1 Å². The van der Waals surface area contributed by atoms with Gasteiger partial charge in [0.05, 0.1) is 25.2 Å². The van der Waals surface area contributed by atoms with Crippen LogP contribution < -0.4 is 19.7 Å². The van der Waals surface area contributed by atoms with Crippen molar-refractivity contribution in [3.8, 4) is 17.6 Å². The van der Waals surface area contributed by atoms with Crippen molar-refractivity contribution >= 4 is 35.0 Å². The van der Waals surface area contributed by atoms with Gasteiger partial charge in [-0.3, -0.25) is 14.5 Å². The summed E-state index contributed by atoms with van der Waals surface area (Å²) in [5.41, 5.74) is 2.93. The van der Waals surface area contributed by atoms with Crippen molar-refractivity contribution in [3.05, 3.63) is 94.5 Å². The molecule has 0 aliphatic carbocycles. The monoisotopic (exact) mass is 499 g/mol. The van der Waals surface area contributed by atoms with Crippen molar-refractivity contribution in [2.45, 2.75) is 18.6 Å². The van der Waals surface area contributed by atoms with Crippen LogP contribution >= 0.6 is 11.8 Å². The second-order valence-electron chi connectivity index (χ2n) is 8.12. The number of benzene rings is 3. The third-order valence-corrected chi connectivity index (χ3v) is 6.96. The SMILES string of the molecule is COc1ccc(N2C(=O)C(Cc3cccc(C)c3)S/C2=C(/C#N)C(=O)Nc2ccccc2OC)cc1. The minimum atomic E-state index is -0.619. The second kappa shape index (κ2) is 11.0. The van der Waals surface area contributed by atoms with Crippen molar-refractivity contribution in [2.75, 3.05) is 24.4 Å². The molecular formula is C28H25N3O4S. The van der Waals surface area contributed by atoms with E-state index in [1.807, 2.05) is 37.3 Å². The highest BCUT2D eigenvalue weighted by atomic mass is 32.2. The lowest BCUT2D eigenvalue weighted by molar-refractivity contribution is -0.117. The Kier molecular flexibility index (Phi) is 7.62. The zero-order valence-electron chi connectivity index (χ0n) is 20.1. The number of nitrogens with one attached hydrogen (secondary N) is 1. The lowest BCUT2D eigenvalue weighted by atomic mass is 10.1. The Hall–Kier alpha value is -4.22. The smallest absolute Gasteiger partial charge is 0.269 e. The van der Waals surface area contributed by atoms with Crippen LogP contribution in [-0.2, 0) is 16.0 Å². The third kappa shape index (κ3) is 5.21. The van der Waals surface area contributed by atoms with E-state index in [2.05, 4.69) is 5.32 Å². The van der Waals surface area contributed by atoms with Crippen LogP contribution in [0.4, 0.5) is 11.4 Å². The van der Waals surface area contributed by atoms with Gasteiger partial charge in [0.1, 0.15) is 28.2 Å². The van der Waals surface area contributed by atoms with Crippen molar-refractivity contribution in [2.24, 2.45) is 0 Å². The average Bonchev–Trinajstić information content (AvgIpc) is 3.20. The van der Waals surface area contributed by atoms with Crippen molar-refractivity contribution in [1.82, 2.24) is 0 Å². The molecule has 0 aromatic heterocycles. The molecule has 3 aromatic carbocycles. The number of aryl methyl sites for hydroxylation is 1. The number of para-hydroxylation sites is 2. The zero-order chi connectivity index (χ0) is 25.7. The molecule has 1 aliphatic rings. The molecule has 0 spiro atoms. The van der Waals surface area contributed by atoms with Gasteiger partial charge in [0.2, 0.25) is 5.91 Å². The highest BCUT2D eigenvalue weighted by Gasteiger charge is 2.41. The topological polar surface area (TPSA) is 91.7 Å². The van der Waals surface area contributed by atoms with Crippen LogP contribution in [0.15, 0.2) is 83.4 Å². The van der Waals surface area contributed by atoms with Crippen LogP contribution in [0.1, 0.15) is 11.1 Å². The van der Waals surface area contributed by atoms with Crippen LogP contribution in [0.5, 0.6) is 11.5 Å². The van der Waals surface area contributed by atoms with Gasteiger partial charge in [0.25, 0.3) is 5.91 Å². The Morgan fingerprint density at radius 1 is 1.06 bits per heavy atom. The maximum Gasteiger partial charge on any atom is 0.269 e. The maximum atomic E-state index is 13.6. The molecule has 1 aliphatic heterocycles. The van der Waals surface area contributed by atoms with Gasteiger partial charge in [-0.15, -0.1) is 0 Å². The number of ether oxygens (including phenoxy) is 2. The van der Waals surface area contributed by atoms with E-state index in [-0.39, 0.29) is 16.5 Å². The number of thioether (sulfide) groups is 1. The molecule has 4 rings (SSSR count). The summed E-state index contributed by atoms with van der Waals surface area (Å²) in [6.45, 7) is 2.00. The van der Waals surface area contributed by atoms with Gasteiger partial charge in [0, 0.05) is 5.69 Å². The number of carbonyl (C=O) groups excluding carboxylic acids is 2. The first-order valence-electron chi connectivity index (χ1n) is 11.2. The van der Waals surface area contributed by atoms with Gasteiger partial charge >= 0.3 is 0 Å². The molecular weight excluding hydrogens is 474 g/mol. The van der Waals surface area contributed by atoms with E-state index in [1.54, 1.807) is 55.6 Å². The third-order valence-electron chi connectivity index (χ3n) is 5.69. The van der Waals surface area contributed by atoms with Crippen LogP contribution in [-0.4, -0.2) is 31.3 Å². The van der Waals surface area contributed by atoms with E-state index in [4.69, 9.17) is 9.47 Å². The summed E-state index contributed by atoms with van der Waals surface area (Å²) in [6.07, 6.45) is 0.466. The summed E-state index contributed by atoms with van der Waals surface area (Å²) < 4.78 is 10.6. The molecule has 0 saturated carbocycles. The van der Waals surface area contributed by atoms with Crippen LogP contribution in [0.2, 0.25) is 0 Å². The van der Waals surface area contributed by atoms with Gasteiger partial charge in [-0.2, -0.15) is 5.26 Å². The number of anilines is 2. The number of rotatable bonds is 7. The Morgan fingerprint density at radius 3 is 2.47 bits per heavy atom. The van der Waals surface area contributed by atoms with Crippen LogP contribution in [0.3, 0.4) is 0 Å². The summed E-state index contributed by atoms with van der Waals surface area (Å²) in [5.74, 6) is 0.286. The average molecular weight is 500 g/mol. The fraction of sp³-hybridized carbons (Fsp3) is 0.179. The molecule has 0 bridgehead atoms. The molecule has 0 radical (unpaired) electrons. The molecule has 1 fully saturated rings. The largest absolute Gasteiger partial charge is 0.497 e. The van der Waals surface area contributed by atoms with E-state index in [0.717, 1.165) is 11.1 Å². The second-order valence-corrected chi connectivity index (χ2v) is 9.31. The number of hydrogen-bond acceptors (Lipinski definition) is 6. The Morgan fingerprint density at radius 2 is 1.81 bits per heavy atom. The van der Waals surface area contributed by atoms with Gasteiger partial charge < -0.3 is 14.8 Å². The van der Waals surface area contributed by atoms with Gasteiger partial charge in [-0.05, 0) is 55.3 Å². The Bertz CT molecular complexity index is 1360. The van der Waals surface area contributed by atoms with E-state index in [9.17, 15) is 14.9 Å². The standard InChI is InChI=1S/C28H25N3O4S/c1-18-7-6-8-19(15-18)16-25-27(33)31(20-11-13-21(34-2)14-12-20)28(36-25)22(17-29)26(32)30-23-9-4-5-10-24(23)35-3/h4-15,25H,16H2,1-3H3,(H,30,32)/b28-22-. The van der Waals surface area contributed by atoms with Crippen LogP contribution in [0.25, 0.3) is 0 Å². The van der Waals surface area contributed by atoms with E-state index < -0.39 is 11.2 Å². The van der Waals surface area contributed by atoms with E-state index in [1.165, 1.54) is 23.8 Å². The fourth-order valence-electron chi connectivity index (χ4n) is 3.94. The fourth-order valence-corrected chi connectivity index (χ4v) is 5.25. The predicted octanol–water partition coefficient (Wildman–Crippen LogP) is 5.08. The summed E-state index contributed by atoms with van der Waals surface area (Å²) in [7, 11) is 3.06. The first kappa shape index (κ1) is 24.9. The number of nitrogens with zero attached hydrogens (tertiary/aromatic N) is 2. The lowest BCUT2D eigenvalue weighted by Crippen LogP contribution is -2.31. The first-order valence-corrected chi connectivity index (χ1v) is 12.1.